The van der Waals surface area contributed by atoms with Crippen molar-refractivity contribution in [1.29, 1.82) is 0 Å². The van der Waals surface area contributed by atoms with E-state index in [-0.39, 0.29) is 0 Å². The van der Waals surface area contributed by atoms with Crippen LogP contribution in [0.25, 0.3) is 10.8 Å². The predicted molar refractivity (Wildman–Crippen MR) is 52.1 cm³/mol. The predicted octanol–water partition coefficient (Wildman–Crippen LogP) is 2.70. The minimum atomic E-state index is 0.348. The molecular formula is C10H7ClNO. The van der Waals surface area contributed by atoms with Crippen molar-refractivity contribution in [2.24, 2.45) is 0 Å². The van der Waals surface area contributed by atoms with Crippen LogP contribution in [-0.4, -0.2) is 12.1 Å². The summed E-state index contributed by atoms with van der Waals surface area (Å²) in [5, 5.41) is 2.19. The fraction of sp³-hybridized carbons (Fsp3) is 0.100. The molecule has 2 nitrogen and oxygen atoms in total. The number of halogens is 1. The molecule has 1 aromatic heterocycles. The largest absolute Gasteiger partial charge is 0.493 e. The number of fused-ring (bicyclic) bond motifs is 1. The Morgan fingerprint density at radius 2 is 2.15 bits per heavy atom. The van der Waals surface area contributed by atoms with E-state index in [0.717, 1.165) is 10.8 Å². The highest BCUT2D eigenvalue weighted by molar-refractivity contribution is 6.31. The van der Waals surface area contributed by atoms with Crippen molar-refractivity contribution in [3.8, 4) is 5.75 Å². The Bertz CT molecular complexity index is 442. The Labute approximate surface area is 81.1 Å². The van der Waals surface area contributed by atoms with E-state index < -0.39 is 0 Å². The first-order valence-corrected chi connectivity index (χ1v) is 4.20. The molecule has 0 aliphatic heterocycles. The van der Waals surface area contributed by atoms with Crippen LogP contribution in [0.3, 0.4) is 0 Å². The Hall–Kier alpha value is -1.28. The van der Waals surface area contributed by atoms with Crippen molar-refractivity contribution in [2.75, 3.05) is 7.11 Å². The van der Waals surface area contributed by atoms with Gasteiger partial charge in [0.25, 0.3) is 0 Å². The van der Waals surface area contributed by atoms with E-state index in [4.69, 9.17) is 16.3 Å². The van der Waals surface area contributed by atoms with Gasteiger partial charge in [-0.1, -0.05) is 35.9 Å². The summed E-state index contributed by atoms with van der Waals surface area (Å²) >= 11 is 5.84. The van der Waals surface area contributed by atoms with E-state index in [1.54, 1.807) is 7.11 Å². The summed E-state index contributed by atoms with van der Waals surface area (Å²) in [5.41, 5.74) is 0. The molecule has 0 N–H and O–H groups in total. The molecule has 0 bridgehead atoms. The highest BCUT2D eigenvalue weighted by Gasteiger charge is 2.06. The zero-order valence-corrected chi connectivity index (χ0v) is 7.80. The Balaban J connectivity index is 2.84. The van der Waals surface area contributed by atoms with E-state index in [1.807, 2.05) is 24.3 Å². The molecule has 0 saturated heterocycles. The lowest BCUT2D eigenvalue weighted by molar-refractivity contribution is 0.418. The van der Waals surface area contributed by atoms with Crippen LogP contribution in [0.5, 0.6) is 5.75 Å². The van der Waals surface area contributed by atoms with Crippen LogP contribution in [0, 0.1) is 6.20 Å². The molecule has 1 radical (unpaired) electrons. The van der Waals surface area contributed by atoms with E-state index in [9.17, 15) is 0 Å². The lowest BCUT2D eigenvalue weighted by atomic mass is 10.2. The van der Waals surface area contributed by atoms with Crippen molar-refractivity contribution in [2.45, 2.75) is 0 Å². The van der Waals surface area contributed by atoms with Gasteiger partial charge in [-0.25, -0.2) is 4.98 Å². The van der Waals surface area contributed by atoms with Crippen molar-refractivity contribution in [3.05, 3.63) is 35.6 Å². The third-order valence-electron chi connectivity index (χ3n) is 1.84. The number of hydrogen-bond donors (Lipinski definition) is 0. The lowest BCUT2D eigenvalue weighted by Crippen LogP contribution is -1.88. The van der Waals surface area contributed by atoms with Crippen molar-refractivity contribution in [3.63, 3.8) is 0 Å². The quantitative estimate of drug-likeness (QED) is 0.649. The third kappa shape index (κ3) is 1.33. The van der Waals surface area contributed by atoms with Gasteiger partial charge in [0.2, 0.25) is 0 Å². The maximum atomic E-state index is 5.84. The second-order valence-corrected chi connectivity index (χ2v) is 2.95. The number of ether oxygens (including phenoxy) is 1. The number of hydrogen-bond acceptors (Lipinski definition) is 2. The Kier molecular flexibility index (Phi) is 2.07. The Morgan fingerprint density at radius 3 is 2.92 bits per heavy atom. The Morgan fingerprint density at radius 1 is 1.38 bits per heavy atom. The zero-order chi connectivity index (χ0) is 9.26. The molecule has 3 heteroatoms. The molecule has 2 rings (SSSR count). The van der Waals surface area contributed by atoms with Gasteiger partial charge in [0.1, 0.15) is 0 Å². The molecule has 1 aromatic carbocycles. The molecule has 2 aromatic rings. The second kappa shape index (κ2) is 3.23. The van der Waals surface area contributed by atoms with Crippen molar-refractivity contribution in [1.82, 2.24) is 4.98 Å². The molecular weight excluding hydrogens is 186 g/mol. The molecule has 1 heterocycles. The van der Waals surface area contributed by atoms with Crippen molar-refractivity contribution < 1.29 is 4.74 Å². The van der Waals surface area contributed by atoms with Gasteiger partial charge in [-0.3, -0.25) is 0 Å². The summed E-state index contributed by atoms with van der Waals surface area (Å²) in [7, 11) is 1.58. The monoisotopic (exact) mass is 192 g/mol. The fourth-order valence-electron chi connectivity index (χ4n) is 1.24. The van der Waals surface area contributed by atoms with Gasteiger partial charge in [-0.15, -0.1) is 0 Å². The summed E-state index contributed by atoms with van der Waals surface area (Å²) in [6.45, 7) is 0. The summed E-state index contributed by atoms with van der Waals surface area (Å²) in [4.78, 5) is 3.89. The molecule has 0 aliphatic carbocycles. The first-order chi connectivity index (χ1) is 6.33. The van der Waals surface area contributed by atoms with Crippen LogP contribution in [0.1, 0.15) is 0 Å². The second-order valence-electron chi connectivity index (χ2n) is 2.59. The first-order valence-electron chi connectivity index (χ1n) is 3.83. The molecule has 0 fully saturated rings. The maximum Gasteiger partial charge on any atom is 0.172 e. The number of benzene rings is 1. The number of rotatable bonds is 1. The summed E-state index contributed by atoms with van der Waals surface area (Å²) in [5.74, 6) is 0.607. The van der Waals surface area contributed by atoms with Crippen LogP contribution in [0.2, 0.25) is 5.15 Å². The smallest absolute Gasteiger partial charge is 0.172 e. The molecule has 65 valence electrons. The molecule has 0 aliphatic rings. The maximum absolute atomic E-state index is 5.84. The minimum absolute atomic E-state index is 0.348. The van der Waals surface area contributed by atoms with Crippen LogP contribution in [-0.2, 0) is 0 Å². The first kappa shape index (κ1) is 8.32. The zero-order valence-electron chi connectivity index (χ0n) is 7.04. The van der Waals surface area contributed by atoms with Crippen LogP contribution in [0.4, 0.5) is 0 Å². The van der Waals surface area contributed by atoms with Gasteiger partial charge in [-0.05, 0) is 0 Å². The summed E-state index contributed by atoms with van der Waals surface area (Å²) in [6.07, 6.45) is 2.83. The molecule has 13 heavy (non-hydrogen) atoms. The lowest BCUT2D eigenvalue weighted by Gasteiger charge is -2.05. The van der Waals surface area contributed by atoms with Gasteiger partial charge >= 0.3 is 0 Å². The number of nitrogens with zero attached hydrogens (tertiary/aromatic N) is 1. The topological polar surface area (TPSA) is 22.1 Å². The molecule has 0 atom stereocenters. The van der Waals surface area contributed by atoms with Crippen LogP contribution < -0.4 is 4.74 Å². The van der Waals surface area contributed by atoms with E-state index in [1.165, 1.54) is 0 Å². The van der Waals surface area contributed by atoms with Gasteiger partial charge in [0, 0.05) is 10.8 Å². The summed E-state index contributed by atoms with van der Waals surface area (Å²) < 4.78 is 5.14. The highest BCUT2D eigenvalue weighted by Crippen LogP contribution is 2.30. The summed E-state index contributed by atoms with van der Waals surface area (Å²) in [6, 6.07) is 7.70. The van der Waals surface area contributed by atoms with E-state index in [0.29, 0.717) is 10.9 Å². The van der Waals surface area contributed by atoms with Gasteiger partial charge in [0.05, 0.1) is 13.3 Å². The van der Waals surface area contributed by atoms with Crippen LogP contribution >= 0.6 is 11.6 Å². The average Bonchev–Trinajstić information content (AvgIpc) is 2.18. The molecule has 0 unspecified atom stereocenters. The van der Waals surface area contributed by atoms with Gasteiger partial charge in [0.15, 0.2) is 10.9 Å². The number of pyridine rings is 1. The standard InChI is InChI=1S/C10H7ClNO/c1-13-9-8-5-3-2-4-7(8)6-12-10(9)11/h2-5H,1H3. The normalized spacial score (nSPS) is 10.3. The van der Waals surface area contributed by atoms with E-state index >= 15 is 0 Å². The SMILES string of the molecule is COc1c(Cl)n[c]c2ccccc12. The van der Waals surface area contributed by atoms with Gasteiger partial charge < -0.3 is 4.74 Å². The van der Waals surface area contributed by atoms with Crippen LogP contribution in [0.15, 0.2) is 24.3 Å². The average molecular weight is 193 g/mol. The molecule has 0 spiro atoms. The molecule has 0 amide bonds. The third-order valence-corrected chi connectivity index (χ3v) is 2.09. The van der Waals surface area contributed by atoms with E-state index in [2.05, 4.69) is 11.2 Å². The van der Waals surface area contributed by atoms with Gasteiger partial charge in [-0.2, -0.15) is 0 Å². The highest BCUT2D eigenvalue weighted by atomic mass is 35.5. The minimum Gasteiger partial charge on any atom is -0.493 e. The number of methoxy groups -OCH3 is 1. The fourth-order valence-corrected chi connectivity index (χ4v) is 1.47. The number of aromatic nitrogens is 1. The van der Waals surface area contributed by atoms with Crippen molar-refractivity contribution >= 4 is 22.4 Å². The molecule has 0 saturated carbocycles.